The molecule has 1 N–H and O–H groups in total. The Labute approximate surface area is 133 Å². The minimum atomic E-state index is -2.27. The standard InChI is InChI=1S/C14H10Cl2F4O2/c1-13(2)7(4-8(15)16)14(13,12(21)22)9-10(19)5(17)3-6(18)11(9)20/h3-4,8H,1-2H3,(H,21,22). The highest BCUT2D eigenvalue weighted by atomic mass is 35.5. The number of hydrogen-bond donors (Lipinski definition) is 1. The first-order valence-electron chi connectivity index (χ1n) is 6.07. The molecule has 0 saturated heterocycles. The summed E-state index contributed by atoms with van der Waals surface area (Å²) in [5.41, 5.74) is -4.80. The van der Waals surface area contributed by atoms with Crippen LogP contribution in [0.4, 0.5) is 17.6 Å². The molecule has 1 aromatic rings. The molecule has 1 saturated carbocycles. The Bertz CT molecular complexity index is 674. The lowest BCUT2D eigenvalue weighted by Gasteiger charge is -2.17. The molecule has 1 atom stereocenters. The molecule has 0 aliphatic heterocycles. The summed E-state index contributed by atoms with van der Waals surface area (Å²) in [5.74, 6) is -8.51. The van der Waals surface area contributed by atoms with Crippen LogP contribution < -0.4 is 0 Å². The van der Waals surface area contributed by atoms with Crippen LogP contribution in [0.5, 0.6) is 0 Å². The highest BCUT2D eigenvalue weighted by molar-refractivity contribution is 6.45. The van der Waals surface area contributed by atoms with Crippen LogP contribution in [0, 0.1) is 28.7 Å². The summed E-state index contributed by atoms with van der Waals surface area (Å²) in [5, 5.41) is 9.50. The van der Waals surface area contributed by atoms with Crippen molar-refractivity contribution in [2.45, 2.75) is 24.1 Å². The summed E-state index contributed by atoms with van der Waals surface area (Å²) in [6.07, 6.45) is 1.10. The van der Waals surface area contributed by atoms with Crippen molar-refractivity contribution < 1.29 is 27.5 Å². The van der Waals surface area contributed by atoms with Crippen LogP contribution in [0.15, 0.2) is 17.7 Å². The number of halogens is 6. The molecule has 120 valence electrons. The lowest BCUT2D eigenvalue weighted by atomic mass is 9.86. The van der Waals surface area contributed by atoms with Gasteiger partial charge in [-0.15, -0.1) is 23.2 Å². The SMILES string of the molecule is CC1(C)C(=CC(Cl)Cl)C1(C(=O)O)c1c(F)c(F)cc(F)c1F. The summed E-state index contributed by atoms with van der Waals surface area (Å²) in [4.78, 5) is 10.6. The molecule has 1 aliphatic rings. The molecule has 0 bridgehead atoms. The first kappa shape index (κ1) is 17.1. The maximum Gasteiger partial charge on any atom is 0.319 e. The van der Waals surface area contributed by atoms with Crippen molar-refractivity contribution in [2.24, 2.45) is 5.41 Å². The molecule has 0 heterocycles. The molecule has 2 rings (SSSR count). The third-order valence-electron chi connectivity index (χ3n) is 4.05. The number of allylic oxidation sites excluding steroid dienone is 1. The van der Waals surface area contributed by atoms with E-state index in [9.17, 15) is 27.5 Å². The summed E-state index contributed by atoms with van der Waals surface area (Å²) in [7, 11) is 0. The van der Waals surface area contributed by atoms with Gasteiger partial charge in [0.25, 0.3) is 0 Å². The van der Waals surface area contributed by atoms with Gasteiger partial charge in [0.2, 0.25) is 0 Å². The Hall–Kier alpha value is -1.27. The van der Waals surface area contributed by atoms with E-state index in [0.717, 1.165) is 6.08 Å². The number of benzene rings is 1. The third-order valence-corrected chi connectivity index (χ3v) is 4.30. The second kappa shape index (κ2) is 5.13. The minimum Gasteiger partial charge on any atom is -0.480 e. The maximum absolute atomic E-state index is 14.1. The molecule has 0 aromatic heterocycles. The summed E-state index contributed by atoms with van der Waals surface area (Å²) >= 11 is 11.1. The van der Waals surface area contributed by atoms with Gasteiger partial charge in [-0.25, -0.2) is 17.6 Å². The largest absolute Gasteiger partial charge is 0.480 e. The Morgan fingerprint density at radius 1 is 1.18 bits per heavy atom. The van der Waals surface area contributed by atoms with E-state index in [0.29, 0.717) is 0 Å². The van der Waals surface area contributed by atoms with Gasteiger partial charge in [-0.3, -0.25) is 4.79 Å². The Morgan fingerprint density at radius 2 is 1.64 bits per heavy atom. The van der Waals surface area contributed by atoms with Crippen molar-refractivity contribution in [1.29, 1.82) is 0 Å². The van der Waals surface area contributed by atoms with E-state index in [1.807, 2.05) is 0 Å². The smallest absolute Gasteiger partial charge is 0.319 e. The van der Waals surface area contributed by atoms with Gasteiger partial charge in [0.15, 0.2) is 23.3 Å². The summed E-state index contributed by atoms with van der Waals surface area (Å²) in [6, 6.07) is 0.0222. The van der Waals surface area contributed by atoms with E-state index in [2.05, 4.69) is 0 Å². The molecule has 1 aromatic carbocycles. The van der Waals surface area contributed by atoms with E-state index >= 15 is 0 Å². The van der Waals surface area contributed by atoms with E-state index < -0.39 is 50.5 Å². The Balaban J connectivity index is 2.86. The molecule has 1 aliphatic carbocycles. The number of rotatable bonds is 3. The normalized spacial score (nSPS) is 24.9. The van der Waals surface area contributed by atoms with Gasteiger partial charge in [-0.2, -0.15) is 0 Å². The van der Waals surface area contributed by atoms with Crippen molar-refractivity contribution in [3.63, 3.8) is 0 Å². The molecule has 8 heteroatoms. The quantitative estimate of drug-likeness (QED) is 0.378. The molecular weight excluding hydrogens is 347 g/mol. The van der Waals surface area contributed by atoms with Crippen molar-refractivity contribution in [1.82, 2.24) is 0 Å². The molecule has 0 amide bonds. The number of carboxylic acid groups (broad SMARTS) is 1. The molecule has 2 nitrogen and oxygen atoms in total. The predicted molar refractivity (Wildman–Crippen MR) is 72.9 cm³/mol. The van der Waals surface area contributed by atoms with Gasteiger partial charge in [0.05, 0.1) is 5.56 Å². The number of carbonyl (C=O) groups is 1. The van der Waals surface area contributed by atoms with Gasteiger partial charge < -0.3 is 5.11 Å². The maximum atomic E-state index is 14.1. The van der Waals surface area contributed by atoms with Crippen LogP contribution in [0.25, 0.3) is 0 Å². The number of hydrogen-bond acceptors (Lipinski definition) is 1. The molecular formula is C14H10Cl2F4O2. The van der Waals surface area contributed by atoms with Crippen LogP contribution >= 0.6 is 23.2 Å². The predicted octanol–water partition coefficient (Wildman–Crippen LogP) is 4.34. The van der Waals surface area contributed by atoms with Gasteiger partial charge in [-0.05, 0) is 5.57 Å². The lowest BCUT2D eigenvalue weighted by molar-refractivity contribution is -0.140. The Kier molecular flexibility index (Phi) is 3.99. The summed E-state index contributed by atoms with van der Waals surface area (Å²) < 4.78 is 55.0. The van der Waals surface area contributed by atoms with E-state index in [1.165, 1.54) is 13.8 Å². The van der Waals surface area contributed by atoms with Crippen molar-refractivity contribution >= 4 is 29.2 Å². The van der Waals surface area contributed by atoms with Gasteiger partial charge in [-0.1, -0.05) is 19.9 Å². The fourth-order valence-corrected chi connectivity index (χ4v) is 3.24. The monoisotopic (exact) mass is 356 g/mol. The average Bonchev–Trinajstić information content (AvgIpc) is 2.84. The fourth-order valence-electron chi connectivity index (χ4n) is 2.99. The third kappa shape index (κ3) is 2.04. The van der Waals surface area contributed by atoms with Crippen molar-refractivity contribution in [3.8, 4) is 0 Å². The van der Waals surface area contributed by atoms with Gasteiger partial charge >= 0.3 is 5.97 Å². The molecule has 1 unspecified atom stereocenters. The van der Waals surface area contributed by atoms with E-state index in [-0.39, 0.29) is 11.6 Å². The first-order valence-corrected chi connectivity index (χ1v) is 6.94. The summed E-state index contributed by atoms with van der Waals surface area (Å²) in [6.45, 7) is 2.73. The van der Waals surface area contributed by atoms with Crippen LogP contribution in [0.3, 0.4) is 0 Å². The topological polar surface area (TPSA) is 37.3 Å². The van der Waals surface area contributed by atoms with Gasteiger partial charge in [0, 0.05) is 11.5 Å². The molecule has 0 spiro atoms. The van der Waals surface area contributed by atoms with Gasteiger partial charge in [0.1, 0.15) is 10.3 Å². The van der Waals surface area contributed by atoms with E-state index in [4.69, 9.17) is 23.2 Å². The molecule has 22 heavy (non-hydrogen) atoms. The minimum absolute atomic E-state index is 0.0222. The second-order valence-corrected chi connectivity index (χ2v) is 6.60. The fraction of sp³-hybridized carbons (Fsp3) is 0.357. The second-order valence-electron chi connectivity index (χ2n) is 5.44. The number of aliphatic carboxylic acids is 1. The highest BCUT2D eigenvalue weighted by Crippen LogP contribution is 2.70. The zero-order chi connectivity index (χ0) is 17.0. The first-order chi connectivity index (χ1) is 9.99. The van der Waals surface area contributed by atoms with Crippen molar-refractivity contribution in [2.75, 3.05) is 0 Å². The zero-order valence-corrected chi connectivity index (χ0v) is 12.9. The van der Waals surface area contributed by atoms with Crippen LogP contribution in [0.1, 0.15) is 19.4 Å². The lowest BCUT2D eigenvalue weighted by Crippen LogP contribution is -2.29. The molecule has 1 fully saturated rings. The van der Waals surface area contributed by atoms with Crippen molar-refractivity contribution in [3.05, 3.63) is 46.5 Å². The van der Waals surface area contributed by atoms with Crippen LogP contribution in [-0.4, -0.2) is 15.9 Å². The highest BCUT2D eigenvalue weighted by Gasteiger charge is 2.75. The number of carboxylic acids is 1. The van der Waals surface area contributed by atoms with Crippen LogP contribution in [-0.2, 0) is 10.2 Å². The average molecular weight is 357 g/mol. The molecule has 0 radical (unpaired) electrons. The number of alkyl halides is 2. The zero-order valence-electron chi connectivity index (χ0n) is 11.4. The van der Waals surface area contributed by atoms with E-state index in [1.54, 1.807) is 0 Å². The van der Waals surface area contributed by atoms with Crippen LogP contribution in [0.2, 0.25) is 0 Å². The Morgan fingerprint density at radius 3 is 2.00 bits per heavy atom.